The summed E-state index contributed by atoms with van der Waals surface area (Å²) < 4.78 is 16.4. The molecule has 2 rings (SSSR count). The highest BCUT2D eigenvalue weighted by Crippen LogP contribution is 2.18. The highest BCUT2D eigenvalue weighted by Gasteiger charge is 2.14. The SMILES string of the molecule is CCOCCC(=O)NNC(=S)NC(=O)c1ccccc1OCCOc1ccccc1. The predicted molar refractivity (Wildman–Crippen MR) is 116 cm³/mol. The largest absolute Gasteiger partial charge is 0.490 e. The summed E-state index contributed by atoms with van der Waals surface area (Å²) in [5, 5.41) is 2.46. The van der Waals surface area contributed by atoms with Crippen LogP contribution in [0.1, 0.15) is 23.7 Å². The van der Waals surface area contributed by atoms with Crippen molar-refractivity contribution in [2.75, 3.05) is 26.4 Å². The van der Waals surface area contributed by atoms with Crippen LogP contribution in [0.2, 0.25) is 0 Å². The van der Waals surface area contributed by atoms with Crippen molar-refractivity contribution in [3.63, 3.8) is 0 Å². The molecule has 0 aromatic heterocycles. The second kappa shape index (κ2) is 13.1. The molecule has 0 atom stereocenters. The van der Waals surface area contributed by atoms with Crippen LogP contribution in [0.3, 0.4) is 0 Å². The van der Waals surface area contributed by atoms with E-state index in [9.17, 15) is 9.59 Å². The van der Waals surface area contributed by atoms with Gasteiger partial charge in [0.1, 0.15) is 24.7 Å². The number of benzene rings is 2. The molecule has 9 heteroatoms. The Kier molecular flexibility index (Phi) is 10.1. The van der Waals surface area contributed by atoms with Crippen LogP contribution in [-0.4, -0.2) is 43.4 Å². The molecule has 0 fully saturated rings. The van der Waals surface area contributed by atoms with E-state index in [-0.39, 0.29) is 24.0 Å². The summed E-state index contributed by atoms with van der Waals surface area (Å²) in [6.45, 7) is 3.28. The molecule has 3 N–H and O–H groups in total. The Morgan fingerprint density at radius 1 is 0.900 bits per heavy atom. The van der Waals surface area contributed by atoms with E-state index in [1.165, 1.54) is 0 Å². The zero-order valence-corrected chi connectivity index (χ0v) is 17.5. The molecular weight excluding hydrogens is 406 g/mol. The van der Waals surface area contributed by atoms with Gasteiger partial charge in [-0.3, -0.25) is 25.8 Å². The first kappa shape index (κ1) is 23.1. The standard InChI is InChI=1S/C21H25N3O5S/c1-2-27-13-12-19(25)23-24-21(30)22-20(26)17-10-6-7-11-18(17)29-15-14-28-16-8-4-3-5-9-16/h3-11H,2,12-15H2,1H3,(H,23,25)(H2,22,24,26,30). The minimum absolute atomic E-state index is 0.0352. The normalized spacial score (nSPS) is 10.0. The molecule has 160 valence electrons. The summed E-state index contributed by atoms with van der Waals surface area (Å²) in [7, 11) is 0. The molecule has 0 aliphatic carbocycles. The van der Waals surface area contributed by atoms with Crippen LogP contribution in [0.15, 0.2) is 54.6 Å². The number of hydrazine groups is 1. The minimum atomic E-state index is -0.462. The van der Waals surface area contributed by atoms with Crippen molar-refractivity contribution in [2.45, 2.75) is 13.3 Å². The number of carbonyl (C=O) groups excluding carboxylic acids is 2. The summed E-state index contributed by atoms with van der Waals surface area (Å²) in [5.74, 6) is 0.375. The Bertz CT molecular complexity index is 832. The maximum atomic E-state index is 12.5. The van der Waals surface area contributed by atoms with Crippen molar-refractivity contribution in [1.29, 1.82) is 0 Å². The maximum absolute atomic E-state index is 12.5. The molecule has 2 amide bonds. The van der Waals surface area contributed by atoms with E-state index in [1.54, 1.807) is 24.3 Å². The van der Waals surface area contributed by atoms with Crippen molar-refractivity contribution in [3.05, 3.63) is 60.2 Å². The van der Waals surface area contributed by atoms with E-state index in [4.69, 9.17) is 26.4 Å². The van der Waals surface area contributed by atoms with Crippen molar-refractivity contribution < 1.29 is 23.8 Å². The van der Waals surface area contributed by atoms with Crippen molar-refractivity contribution in [3.8, 4) is 11.5 Å². The number of amides is 2. The molecule has 0 unspecified atom stereocenters. The molecule has 0 aliphatic rings. The Balaban J connectivity index is 1.78. The number of carbonyl (C=O) groups is 2. The Hall–Kier alpha value is -3.17. The number of hydrogen-bond donors (Lipinski definition) is 3. The average molecular weight is 432 g/mol. The third-order valence-corrected chi connectivity index (χ3v) is 3.91. The molecule has 8 nitrogen and oxygen atoms in total. The molecule has 2 aromatic rings. The molecule has 0 saturated carbocycles. The van der Waals surface area contributed by atoms with Gasteiger partial charge in [0.05, 0.1) is 18.6 Å². The Morgan fingerprint density at radius 3 is 2.37 bits per heavy atom. The summed E-state index contributed by atoms with van der Waals surface area (Å²) >= 11 is 5.04. The van der Waals surface area contributed by atoms with Crippen molar-refractivity contribution >= 4 is 29.1 Å². The zero-order chi connectivity index (χ0) is 21.6. The van der Waals surface area contributed by atoms with Gasteiger partial charge in [0.25, 0.3) is 5.91 Å². The van der Waals surface area contributed by atoms with Gasteiger partial charge in [-0.1, -0.05) is 30.3 Å². The van der Waals surface area contributed by atoms with Gasteiger partial charge in [0, 0.05) is 6.61 Å². The van der Waals surface area contributed by atoms with Crippen LogP contribution >= 0.6 is 12.2 Å². The summed E-state index contributed by atoms with van der Waals surface area (Å²) in [4.78, 5) is 24.1. The van der Waals surface area contributed by atoms with E-state index in [2.05, 4.69) is 16.2 Å². The second-order valence-corrected chi connectivity index (χ2v) is 6.32. The molecule has 0 bridgehead atoms. The number of hydrogen-bond acceptors (Lipinski definition) is 6. The minimum Gasteiger partial charge on any atom is -0.490 e. The van der Waals surface area contributed by atoms with Gasteiger partial charge in [0.2, 0.25) is 5.91 Å². The third kappa shape index (κ3) is 8.46. The first-order chi connectivity index (χ1) is 14.6. The molecule has 0 saturated heterocycles. The first-order valence-electron chi connectivity index (χ1n) is 9.47. The Morgan fingerprint density at radius 2 is 1.60 bits per heavy atom. The Labute approximate surface area is 180 Å². The van der Waals surface area contributed by atoms with E-state index < -0.39 is 5.91 Å². The van der Waals surface area contributed by atoms with Gasteiger partial charge < -0.3 is 14.2 Å². The summed E-state index contributed by atoms with van der Waals surface area (Å²) in [6, 6.07) is 16.2. The van der Waals surface area contributed by atoms with Crippen LogP contribution in [0.25, 0.3) is 0 Å². The highest BCUT2D eigenvalue weighted by molar-refractivity contribution is 7.80. The second-order valence-electron chi connectivity index (χ2n) is 5.91. The van der Waals surface area contributed by atoms with Crippen LogP contribution < -0.4 is 25.6 Å². The predicted octanol–water partition coefficient (Wildman–Crippen LogP) is 2.21. The van der Waals surface area contributed by atoms with E-state index in [0.717, 1.165) is 5.75 Å². The number of nitrogens with one attached hydrogen (secondary N) is 3. The molecule has 0 heterocycles. The maximum Gasteiger partial charge on any atom is 0.261 e. The van der Waals surface area contributed by atoms with Gasteiger partial charge in [-0.05, 0) is 43.4 Å². The number of rotatable bonds is 10. The van der Waals surface area contributed by atoms with Crippen molar-refractivity contribution in [2.24, 2.45) is 0 Å². The number of ether oxygens (including phenoxy) is 3. The molecular formula is C21H25N3O5S. The number of thiocarbonyl (C=S) groups is 1. The lowest BCUT2D eigenvalue weighted by Crippen LogP contribution is -2.48. The topological polar surface area (TPSA) is 97.9 Å². The highest BCUT2D eigenvalue weighted by atomic mass is 32.1. The van der Waals surface area contributed by atoms with Crippen LogP contribution in [0.5, 0.6) is 11.5 Å². The zero-order valence-electron chi connectivity index (χ0n) is 16.7. The lowest BCUT2D eigenvalue weighted by Gasteiger charge is -2.14. The van der Waals surface area contributed by atoms with E-state index >= 15 is 0 Å². The summed E-state index contributed by atoms with van der Waals surface area (Å²) in [5.41, 5.74) is 5.19. The van der Waals surface area contributed by atoms with Crippen LogP contribution in [0, 0.1) is 0 Å². The summed E-state index contributed by atoms with van der Waals surface area (Å²) in [6.07, 6.45) is 0.180. The molecule has 0 spiro atoms. The molecule has 0 aliphatic heterocycles. The van der Waals surface area contributed by atoms with E-state index in [0.29, 0.717) is 31.1 Å². The van der Waals surface area contributed by atoms with Crippen molar-refractivity contribution in [1.82, 2.24) is 16.2 Å². The first-order valence-corrected chi connectivity index (χ1v) is 9.88. The average Bonchev–Trinajstić information content (AvgIpc) is 2.76. The smallest absolute Gasteiger partial charge is 0.261 e. The fourth-order valence-electron chi connectivity index (χ4n) is 2.31. The third-order valence-electron chi connectivity index (χ3n) is 3.70. The fraction of sp³-hybridized carbons (Fsp3) is 0.286. The van der Waals surface area contributed by atoms with Gasteiger partial charge >= 0.3 is 0 Å². The van der Waals surface area contributed by atoms with Crippen LogP contribution in [0.4, 0.5) is 0 Å². The molecule has 30 heavy (non-hydrogen) atoms. The van der Waals surface area contributed by atoms with Gasteiger partial charge in [0.15, 0.2) is 5.11 Å². The molecule has 2 aromatic carbocycles. The van der Waals surface area contributed by atoms with Crippen LogP contribution in [-0.2, 0) is 9.53 Å². The van der Waals surface area contributed by atoms with Gasteiger partial charge in [-0.25, -0.2) is 0 Å². The monoisotopic (exact) mass is 431 g/mol. The lowest BCUT2D eigenvalue weighted by atomic mass is 10.2. The fourth-order valence-corrected chi connectivity index (χ4v) is 2.45. The quantitative estimate of drug-likeness (QED) is 0.301. The van der Waals surface area contributed by atoms with Gasteiger partial charge in [-0.2, -0.15) is 0 Å². The number of para-hydroxylation sites is 2. The van der Waals surface area contributed by atoms with E-state index in [1.807, 2.05) is 37.3 Å². The molecule has 0 radical (unpaired) electrons. The van der Waals surface area contributed by atoms with Gasteiger partial charge in [-0.15, -0.1) is 0 Å². The lowest BCUT2D eigenvalue weighted by molar-refractivity contribution is -0.122.